The second-order valence-corrected chi connectivity index (χ2v) is 5.50. The van der Waals surface area contributed by atoms with Crippen molar-refractivity contribution in [3.05, 3.63) is 66.6 Å². The SMILES string of the molecule is O=c1ccc(I)cn1Cc1ccccc1Br. The Morgan fingerprint density at radius 2 is 1.94 bits per heavy atom. The van der Waals surface area contributed by atoms with Crippen molar-refractivity contribution in [2.75, 3.05) is 0 Å². The largest absolute Gasteiger partial charge is 0.310 e. The van der Waals surface area contributed by atoms with Crippen molar-refractivity contribution in [2.45, 2.75) is 6.54 Å². The van der Waals surface area contributed by atoms with E-state index in [2.05, 4.69) is 38.5 Å². The lowest BCUT2D eigenvalue weighted by molar-refractivity contribution is 0.753. The maximum absolute atomic E-state index is 11.6. The first-order valence-corrected chi connectivity index (χ1v) is 6.63. The Kier molecular flexibility index (Phi) is 3.81. The summed E-state index contributed by atoms with van der Waals surface area (Å²) in [5.41, 5.74) is 1.13. The van der Waals surface area contributed by atoms with Crippen molar-refractivity contribution in [3.63, 3.8) is 0 Å². The number of pyridine rings is 1. The van der Waals surface area contributed by atoms with Gasteiger partial charge in [-0.05, 0) is 40.3 Å². The van der Waals surface area contributed by atoms with Crippen molar-refractivity contribution >= 4 is 38.5 Å². The van der Waals surface area contributed by atoms with Gasteiger partial charge in [0.25, 0.3) is 5.56 Å². The molecule has 1 aromatic heterocycles. The molecule has 1 heterocycles. The van der Waals surface area contributed by atoms with E-state index in [9.17, 15) is 4.79 Å². The molecule has 0 aliphatic carbocycles. The van der Waals surface area contributed by atoms with Crippen LogP contribution in [0.15, 0.2) is 51.9 Å². The number of halogens is 2. The zero-order chi connectivity index (χ0) is 11.5. The first-order chi connectivity index (χ1) is 7.66. The second kappa shape index (κ2) is 5.14. The highest BCUT2D eigenvalue weighted by atomic mass is 127. The number of rotatable bonds is 2. The summed E-state index contributed by atoms with van der Waals surface area (Å²) in [5.74, 6) is 0. The molecule has 4 heteroatoms. The van der Waals surface area contributed by atoms with Gasteiger partial charge in [-0.25, -0.2) is 0 Å². The van der Waals surface area contributed by atoms with Crippen molar-refractivity contribution in [1.82, 2.24) is 4.57 Å². The summed E-state index contributed by atoms with van der Waals surface area (Å²) in [6, 6.07) is 11.3. The number of hydrogen-bond acceptors (Lipinski definition) is 1. The van der Waals surface area contributed by atoms with Crippen LogP contribution in [-0.4, -0.2) is 4.57 Å². The second-order valence-electron chi connectivity index (χ2n) is 3.40. The molecule has 2 rings (SSSR count). The molecule has 1 aromatic carbocycles. The van der Waals surface area contributed by atoms with Gasteiger partial charge in [-0.1, -0.05) is 34.1 Å². The van der Waals surface area contributed by atoms with E-state index in [1.54, 1.807) is 10.6 Å². The maximum Gasteiger partial charge on any atom is 0.250 e. The third kappa shape index (κ3) is 2.74. The molecular formula is C12H9BrINO. The number of aromatic nitrogens is 1. The van der Waals surface area contributed by atoms with Crippen molar-refractivity contribution in [3.8, 4) is 0 Å². The van der Waals surface area contributed by atoms with Gasteiger partial charge >= 0.3 is 0 Å². The third-order valence-corrected chi connectivity index (χ3v) is 3.66. The van der Waals surface area contributed by atoms with Crippen LogP contribution in [0.25, 0.3) is 0 Å². The first kappa shape index (κ1) is 11.9. The normalized spacial score (nSPS) is 10.4. The molecule has 2 nitrogen and oxygen atoms in total. The zero-order valence-electron chi connectivity index (χ0n) is 8.36. The highest BCUT2D eigenvalue weighted by molar-refractivity contribution is 14.1. The summed E-state index contributed by atoms with van der Waals surface area (Å²) in [5, 5.41) is 0. The Balaban J connectivity index is 2.38. The minimum atomic E-state index is 0.0242. The molecule has 0 unspecified atom stereocenters. The van der Waals surface area contributed by atoms with Crippen LogP contribution in [0.1, 0.15) is 5.56 Å². The van der Waals surface area contributed by atoms with E-state index >= 15 is 0 Å². The molecule has 0 saturated heterocycles. The van der Waals surface area contributed by atoms with Crippen LogP contribution >= 0.6 is 38.5 Å². The van der Waals surface area contributed by atoms with E-state index < -0.39 is 0 Å². The van der Waals surface area contributed by atoms with Crippen LogP contribution in [0.3, 0.4) is 0 Å². The number of nitrogens with zero attached hydrogens (tertiary/aromatic N) is 1. The molecule has 16 heavy (non-hydrogen) atoms. The van der Waals surface area contributed by atoms with Crippen LogP contribution in [0.5, 0.6) is 0 Å². The highest BCUT2D eigenvalue weighted by Gasteiger charge is 2.01. The molecule has 0 aliphatic rings. The van der Waals surface area contributed by atoms with Gasteiger partial charge < -0.3 is 4.57 Å². The molecular weight excluding hydrogens is 381 g/mol. The fourth-order valence-corrected chi connectivity index (χ4v) is 2.36. The maximum atomic E-state index is 11.6. The van der Waals surface area contributed by atoms with E-state index in [0.29, 0.717) is 6.54 Å². The Bertz CT molecular complexity index is 565. The van der Waals surface area contributed by atoms with Gasteiger partial charge in [0, 0.05) is 20.3 Å². The topological polar surface area (TPSA) is 22.0 Å². The minimum Gasteiger partial charge on any atom is -0.310 e. The predicted octanol–water partition coefficient (Wildman–Crippen LogP) is 3.26. The Morgan fingerprint density at radius 1 is 1.19 bits per heavy atom. The van der Waals surface area contributed by atoms with Gasteiger partial charge in [-0.2, -0.15) is 0 Å². The molecule has 0 fully saturated rings. The van der Waals surface area contributed by atoms with Crippen LogP contribution in [0.4, 0.5) is 0 Å². The molecule has 2 aromatic rings. The summed E-state index contributed by atoms with van der Waals surface area (Å²) in [7, 11) is 0. The van der Waals surface area contributed by atoms with Crippen LogP contribution in [0, 0.1) is 3.57 Å². The zero-order valence-corrected chi connectivity index (χ0v) is 12.1. The summed E-state index contributed by atoms with van der Waals surface area (Å²) in [6.07, 6.45) is 1.86. The number of hydrogen-bond donors (Lipinski definition) is 0. The lowest BCUT2D eigenvalue weighted by Crippen LogP contribution is -2.19. The molecule has 0 aliphatic heterocycles. The average molecular weight is 390 g/mol. The summed E-state index contributed by atoms with van der Waals surface area (Å²) < 4.78 is 3.80. The Hall–Kier alpha value is -0.620. The lowest BCUT2D eigenvalue weighted by Gasteiger charge is -2.07. The summed E-state index contributed by atoms with van der Waals surface area (Å²) in [6.45, 7) is 0.594. The minimum absolute atomic E-state index is 0.0242. The average Bonchev–Trinajstić information content (AvgIpc) is 2.27. The highest BCUT2D eigenvalue weighted by Crippen LogP contribution is 2.16. The molecule has 0 atom stereocenters. The van der Waals surface area contributed by atoms with Crippen LogP contribution in [-0.2, 0) is 6.54 Å². The molecule has 0 amide bonds. The van der Waals surface area contributed by atoms with E-state index in [1.807, 2.05) is 36.5 Å². The van der Waals surface area contributed by atoms with E-state index in [4.69, 9.17) is 0 Å². The van der Waals surface area contributed by atoms with Crippen molar-refractivity contribution < 1.29 is 0 Å². The third-order valence-electron chi connectivity index (χ3n) is 2.25. The first-order valence-electron chi connectivity index (χ1n) is 4.76. The molecule has 0 N–H and O–H groups in total. The summed E-state index contributed by atoms with van der Waals surface area (Å²) >= 11 is 5.68. The van der Waals surface area contributed by atoms with Gasteiger partial charge in [0.15, 0.2) is 0 Å². The van der Waals surface area contributed by atoms with Gasteiger partial charge in [-0.3, -0.25) is 4.79 Å². The van der Waals surface area contributed by atoms with Gasteiger partial charge in [-0.15, -0.1) is 0 Å². The molecule has 0 spiro atoms. The Labute approximate surface area is 116 Å². The smallest absolute Gasteiger partial charge is 0.250 e. The fourth-order valence-electron chi connectivity index (χ4n) is 1.44. The van der Waals surface area contributed by atoms with Crippen molar-refractivity contribution in [2.24, 2.45) is 0 Å². The molecule has 82 valence electrons. The van der Waals surface area contributed by atoms with Crippen LogP contribution in [0.2, 0.25) is 0 Å². The van der Waals surface area contributed by atoms with Gasteiger partial charge in [0.05, 0.1) is 6.54 Å². The van der Waals surface area contributed by atoms with E-state index in [0.717, 1.165) is 13.6 Å². The lowest BCUT2D eigenvalue weighted by atomic mass is 10.2. The van der Waals surface area contributed by atoms with Gasteiger partial charge in [0.1, 0.15) is 0 Å². The van der Waals surface area contributed by atoms with Gasteiger partial charge in [0.2, 0.25) is 0 Å². The quantitative estimate of drug-likeness (QED) is 0.722. The Morgan fingerprint density at radius 3 is 2.69 bits per heavy atom. The molecule has 0 saturated carbocycles. The summed E-state index contributed by atoms with van der Waals surface area (Å²) in [4.78, 5) is 11.6. The fraction of sp³-hybridized carbons (Fsp3) is 0.0833. The molecule has 0 radical (unpaired) electrons. The van der Waals surface area contributed by atoms with Crippen molar-refractivity contribution in [1.29, 1.82) is 0 Å². The monoisotopic (exact) mass is 389 g/mol. The number of benzene rings is 1. The predicted molar refractivity (Wildman–Crippen MR) is 76.7 cm³/mol. The van der Waals surface area contributed by atoms with E-state index in [-0.39, 0.29) is 5.56 Å². The molecule has 0 bridgehead atoms. The van der Waals surface area contributed by atoms with E-state index in [1.165, 1.54) is 0 Å². The van der Waals surface area contributed by atoms with Crippen LogP contribution < -0.4 is 5.56 Å². The standard InChI is InChI=1S/C12H9BrINO/c13-11-4-2-1-3-9(11)7-15-8-10(14)5-6-12(15)16/h1-6,8H,7H2.